The zero-order valence-corrected chi connectivity index (χ0v) is 16.0. The molecular formula is C20H22N4O2S. The Morgan fingerprint density at radius 3 is 2.89 bits per heavy atom. The van der Waals surface area contributed by atoms with Crippen LogP contribution in [-0.2, 0) is 17.9 Å². The largest absolute Gasteiger partial charge is 0.487 e. The van der Waals surface area contributed by atoms with Crippen LogP contribution in [-0.4, -0.2) is 27.2 Å². The topological polar surface area (TPSA) is 69.0 Å². The molecule has 0 fully saturated rings. The summed E-state index contributed by atoms with van der Waals surface area (Å²) in [6, 6.07) is 9.51. The summed E-state index contributed by atoms with van der Waals surface area (Å²) >= 11 is 1.62. The fraction of sp³-hybridized carbons (Fsp3) is 0.250. The molecule has 1 aromatic carbocycles. The molecule has 0 atom stereocenters. The quantitative estimate of drug-likeness (QED) is 0.455. The number of thiazole rings is 1. The number of carbonyl (C=O) groups excluding carboxylic acids is 1. The van der Waals surface area contributed by atoms with Crippen LogP contribution >= 0.6 is 11.3 Å². The third kappa shape index (κ3) is 6.38. The molecule has 7 heteroatoms. The van der Waals surface area contributed by atoms with Crippen LogP contribution in [0.5, 0.6) is 5.75 Å². The molecule has 0 bridgehead atoms. The molecule has 140 valence electrons. The molecule has 0 spiro atoms. The van der Waals surface area contributed by atoms with Crippen molar-refractivity contribution < 1.29 is 9.53 Å². The van der Waals surface area contributed by atoms with Gasteiger partial charge in [0.15, 0.2) is 0 Å². The van der Waals surface area contributed by atoms with Gasteiger partial charge in [-0.15, -0.1) is 11.3 Å². The van der Waals surface area contributed by atoms with Gasteiger partial charge in [-0.2, -0.15) is 5.10 Å². The summed E-state index contributed by atoms with van der Waals surface area (Å²) in [6.45, 7) is 3.84. The van der Waals surface area contributed by atoms with Crippen LogP contribution in [0.4, 0.5) is 0 Å². The van der Waals surface area contributed by atoms with Gasteiger partial charge < -0.3 is 10.1 Å². The third-order valence-corrected chi connectivity index (χ3v) is 4.61. The van der Waals surface area contributed by atoms with E-state index in [1.165, 1.54) is 0 Å². The Morgan fingerprint density at radius 1 is 1.33 bits per heavy atom. The second kappa shape index (κ2) is 9.68. The van der Waals surface area contributed by atoms with E-state index in [4.69, 9.17) is 4.74 Å². The summed E-state index contributed by atoms with van der Waals surface area (Å²) < 4.78 is 7.56. The van der Waals surface area contributed by atoms with E-state index in [1.807, 2.05) is 53.5 Å². The van der Waals surface area contributed by atoms with Gasteiger partial charge in [0.1, 0.15) is 12.4 Å². The molecule has 3 aromatic rings. The summed E-state index contributed by atoms with van der Waals surface area (Å²) in [4.78, 5) is 16.2. The SMILES string of the molecule is Cc1nc(COc2ccc(C=CC(=O)NCCCn3cccn3)cc2)cs1. The molecule has 0 aliphatic carbocycles. The Kier molecular flexibility index (Phi) is 6.76. The zero-order valence-electron chi connectivity index (χ0n) is 15.2. The van der Waals surface area contributed by atoms with Crippen molar-refractivity contribution in [1.82, 2.24) is 20.1 Å². The van der Waals surface area contributed by atoms with Crippen molar-refractivity contribution in [3.8, 4) is 5.75 Å². The van der Waals surface area contributed by atoms with Crippen LogP contribution in [0.15, 0.2) is 54.2 Å². The van der Waals surface area contributed by atoms with E-state index in [1.54, 1.807) is 29.7 Å². The highest BCUT2D eigenvalue weighted by atomic mass is 32.1. The molecule has 27 heavy (non-hydrogen) atoms. The number of hydrogen-bond acceptors (Lipinski definition) is 5. The first kappa shape index (κ1) is 18.8. The molecule has 1 N–H and O–H groups in total. The summed E-state index contributed by atoms with van der Waals surface area (Å²) in [6.07, 6.45) is 7.83. The number of ether oxygens (including phenoxy) is 1. The van der Waals surface area contributed by atoms with Gasteiger partial charge in [-0.3, -0.25) is 9.48 Å². The molecule has 0 saturated heterocycles. The minimum atomic E-state index is -0.102. The number of hydrogen-bond donors (Lipinski definition) is 1. The lowest BCUT2D eigenvalue weighted by molar-refractivity contribution is -0.116. The first-order valence-corrected chi connectivity index (χ1v) is 9.64. The second-order valence-electron chi connectivity index (χ2n) is 5.96. The molecule has 0 saturated carbocycles. The van der Waals surface area contributed by atoms with Gasteiger partial charge in [0.25, 0.3) is 0 Å². The lowest BCUT2D eigenvalue weighted by Gasteiger charge is -2.04. The smallest absolute Gasteiger partial charge is 0.244 e. The van der Waals surface area contributed by atoms with Gasteiger partial charge in [-0.25, -0.2) is 4.98 Å². The highest BCUT2D eigenvalue weighted by Crippen LogP contribution is 2.16. The van der Waals surface area contributed by atoms with Crippen molar-refractivity contribution >= 4 is 23.3 Å². The number of benzene rings is 1. The normalized spacial score (nSPS) is 11.0. The minimum Gasteiger partial charge on any atom is -0.487 e. The highest BCUT2D eigenvalue weighted by Gasteiger charge is 2.00. The maximum atomic E-state index is 11.9. The van der Waals surface area contributed by atoms with Crippen molar-refractivity contribution in [2.75, 3.05) is 6.54 Å². The lowest BCUT2D eigenvalue weighted by atomic mass is 10.2. The van der Waals surface area contributed by atoms with Gasteiger partial charge in [0.05, 0.1) is 10.7 Å². The Bertz CT molecular complexity index is 870. The maximum absolute atomic E-state index is 11.9. The van der Waals surface area contributed by atoms with Crippen LogP contribution < -0.4 is 10.1 Å². The van der Waals surface area contributed by atoms with E-state index in [-0.39, 0.29) is 5.91 Å². The molecule has 6 nitrogen and oxygen atoms in total. The summed E-state index contributed by atoms with van der Waals surface area (Å²) in [5, 5.41) is 10.0. The van der Waals surface area contributed by atoms with Crippen LogP contribution in [0.3, 0.4) is 0 Å². The standard InChI is InChI=1S/C20H22N4O2S/c1-16-23-18(15-27-16)14-26-19-7-4-17(5-8-19)6-9-20(25)21-10-2-12-24-13-3-11-22-24/h3-9,11,13,15H,2,10,12,14H2,1H3,(H,21,25). The molecule has 1 amide bonds. The lowest BCUT2D eigenvalue weighted by Crippen LogP contribution is -2.23. The average molecular weight is 382 g/mol. The molecular weight excluding hydrogens is 360 g/mol. The molecule has 2 heterocycles. The van der Waals surface area contributed by atoms with Crippen LogP contribution in [0.25, 0.3) is 6.08 Å². The number of aromatic nitrogens is 3. The summed E-state index contributed by atoms with van der Waals surface area (Å²) in [5.41, 5.74) is 1.88. The van der Waals surface area contributed by atoms with Crippen molar-refractivity contribution in [2.24, 2.45) is 0 Å². The van der Waals surface area contributed by atoms with E-state index < -0.39 is 0 Å². The van der Waals surface area contributed by atoms with Crippen molar-refractivity contribution in [2.45, 2.75) is 26.5 Å². The van der Waals surface area contributed by atoms with Crippen molar-refractivity contribution in [1.29, 1.82) is 0 Å². The van der Waals surface area contributed by atoms with Gasteiger partial charge in [-0.1, -0.05) is 12.1 Å². The number of carbonyl (C=O) groups is 1. The summed E-state index contributed by atoms with van der Waals surface area (Å²) in [5.74, 6) is 0.676. The summed E-state index contributed by atoms with van der Waals surface area (Å²) in [7, 11) is 0. The van der Waals surface area contributed by atoms with Gasteiger partial charge >= 0.3 is 0 Å². The Morgan fingerprint density at radius 2 is 2.19 bits per heavy atom. The van der Waals surface area contributed by atoms with Crippen LogP contribution in [0, 0.1) is 6.92 Å². The Labute approximate surface area is 162 Å². The van der Waals surface area contributed by atoms with E-state index in [0.29, 0.717) is 13.2 Å². The monoisotopic (exact) mass is 382 g/mol. The molecule has 0 aliphatic rings. The fourth-order valence-corrected chi connectivity index (χ4v) is 3.02. The van der Waals surface area contributed by atoms with E-state index in [0.717, 1.165) is 35.0 Å². The van der Waals surface area contributed by atoms with Crippen LogP contribution in [0.2, 0.25) is 0 Å². The van der Waals surface area contributed by atoms with Gasteiger partial charge in [-0.05, 0) is 43.2 Å². The number of nitrogens with one attached hydrogen (secondary N) is 1. The fourth-order valence-electron chi connectivity index (χ4n) is 2.42. The van der Waals surface area contributed by atoms with E-state index in [2.05, 4.69) is 15.4 Å². The van der Waals surface area contributed by atoms with Crippen molar-refractivity contribution in [3.05, 3.63) is 70.4 Å². The Hall–Kier alpha value is -2.93. The minimum absolute atomic E-state index is 0.102. The molecule has 3 rings (SSSR count). The average Bonchev–Trinajstić information content (AvgIpc) is 3.34. The molecule has 0 unspecified atom stereocenters. The predicted molar refractivity (Wildman–Crippen MR) is 107 cm³/mol. The first-order valence-electron chi connectivity index (χ1n) is 8.76. The van der Waals surface area contributed by atoms with Gasteiger partial charge in [0.2, 0.25) is 5.91 Å². The maximum Gasteiger partial charge on any atom is 0.244 e. The highest BCUT2D eigenvalue weighted by molar-refractivity contribution is 7.09. The molecule has 0 radical (unpaired) electrons. The Balaban J connectivity index is 1.38. The van der Waals surface area contributed by atoms with E-state index >= 15 is 0 Å². The first-order chi connectivity index (χ1) is 13.2. The number of nitrogens with zero attached hydrogens (tertiary/aromatic N) is 3. The number of rotatable bonds is 9. The third-order valence-electron chi connectivity index (χ3n) is 3.78. The van der Waals surface area contributed by atoms with Crippen LogP contribution in [0.1, 0.15) is 22.7 Å². The van der Waals surface area contributed by atoms with Crippen molar-refractivity contribution in [3.63, 3.8) is 0 Å². The second-order valence-corrected chi connectivity index (χ2v) is 7.02. The van der Waals surface area contributed by atoms with E-state index in [9.17, 15) is 4.79 Å². The predicted octanol–water partition coefficient (Wildman–Crippen LogP) is 3.45. The zero-order chi connectivity index (χ0) is 18.9. The molecule has 2 aromatic heterocycles. The number of aryl methyl sites for hydroxylation is 2. The number of amides is 1. The van der Waals surface area contributed by atoms with Gasteiger partial charge in [0, 0.05) is 36.9 Å². The molecule has 0 aliphatic heterocycles.